The molecule has 98 valence electrons. The van der Waals surface area contributed by atoms with Crippen LogP contribution in [0, 0.1) is 5.92 Å². The molecular weight excluding hydrogens is 230 g/mol. The van der Waals surface area contributed by atoms with Crippen molar-refractivity contribution < 1.29 is 14.3 Å². The number of esters is 1. The molecule has 0 aliphatic heterocycles. The second-order valence-corrected chi connectivity index (χ2v) is 4.64. The van der Waals surface area contributed by atoms with Gasteiger partial charge in [-0.1, -0.05) is 13.8 Å². The summed E-state index contributed by atoms with van der Waals surface area (Å²) < 4.78 is 5.18. The lowest BCUT2D eigenvalue weighted by molar-refractivity contribution is -0.135. The molecule has 0 bridgehead atoms. The van der Waals surface area contributed by atoms with E-state index >= 15 is 0 Å². The van der Waals surface area contributed by atoms with Crippen molar-refractivity contribution in [2.45, 2.75) is 27.2 Å². The van der Waals surface area contributed by atoms with Crippen molar-refractivity contribution in [3.8, 4) is 5.75 Å². The van der Waals surface area contributed by atoms with Gasteiger partial charge in [0.2, 0.25) is 5.91 Å². The quantitative estimate of drug-likeness (QED) is 0.608. The molecule has 4 heteroatoms. The summed E-state index contributed by atoms with van der Waals surface area (Å²) in [5.74, 6) is 0.499. The SMILES string of the molecule is CC(=O)N(C)c1ccc(OC(=O)CC(C)C)cc1. The minimum absolute atomic E-state index is 0.0421. The summed E-state index contributed by atoms with van der Waals surface area (Å²) in [5, 5.41) is 0. The van der Waals surface area contributed by atoms with Crippen LogP contribution >= 0.6 is 0 Å². The minimum Gasteiger partial charge on any atom is -0.427 e. The standard InChI is InChI=1S/C14H19NO3/c1-10(2)9-14(17)18-13-7-5-12(6-8-13)15(4)11(3)16/h5-8,10H,9H2,1-4H3. The molecule has 0 radical (unpaired) electrons. The zero-order chi connectivity index (χ0) is 13.7. The van der Waals surface area contributed by atoms with Crippen LogP contribution in [0.4, 0.5) is 5.69 Å². The average Bonchev–Trinajstić information content (AvgIpc) is 2.27. The van der Waals surface area contributed by atoms with Crippen molar-refractivity contribution in [2.24, 2.45) is 5.92 Å². The van der Waals surface area contributed by atoms with Crippen LogP contribution < -0.4 is 9.64 Å². The molecular formula is C14H19NO3. The summed E-state index contributed by atoms with van der Waals surface area (Å²) in [7, 11) is 1.70. The molecule has 1 aromatic rings. The van der Waals surface area contributed by atoms with Crippen molar-refractivity contribution >= 4 is 17.6 Å². The molecule has 18 heavy (non-hydrogen) atoms. The van der Waals surface area contributed by atoms with Gasteiger partial charge in [0.1, 0.15) is 5.75 Å². The number of amides is 1. The third-order valence-electron chi connectivity index (χ3n) is 2.50. The number of nitrogens with zero attached hydrogens (tertiary/aromatic N) is 1. The topological polar surface area (TPSA) is 46.6 Å². The van der Waals surface area contributed by atoms with Crippen molar-refractivity contribution in [1.29, 1.82) is 0 Å². The fourth-order valence-electron chi connectivity index (χ4n) is 1.43. The summed E-state index contributed by atoms with van der Waals surface area (Å²) in [6, 6.07) is 6.87. The van der Waals surface area contributed by atoms with Crippen LogP contribution in [0.25, 0.3) is 0 Å². The first-order chi connectivity index (χ1) is 8.40. The summed E-state index contributed by atoms with van der Waals surface area (Å²) in [6.07, 6.45) is 0.398. The highest BCUT2D eigenvalue weighted by atomic mass is 16.5. The van der Waals surface area contributed by atoms with Gasteiger partial charge in [0, 0.05) is 26.1 Å². The molecule has 0 unspecified atom stereocenters. The number of hydrogen-bond acceptors (Lipinski definition) is 3. The Hall–Kier alpha value is -1.84. The van der Waals surface area contributed by atoms with E-state index in [9.17, 15) is 9.59 Å². The Balaban J connectivity index is 2.66. The maximum absolute atomic E-state index is 11.5. The van der Waals surface area contributed by atoms with Crippen LogP contribution in [0.1, 0.15) is 27.2 Å². The fourth-order valence-corrected chi connectivity index (χ4v) is 1.43. The molecule has 4 nitrogen and oxygen atoms in total. The molecule has 1 rings (SSSR count). The summed E-state index contributed by atoms with van der Waals surface area (Å²) in [4.78, 5) is 24.2. The van der Waals surface area contributed by atoms with Crippen LogP contribution in [0.2, 0.25) is 0 Å². The van der Waals surface area contributed by atoms with Gasteiger partial charge >= 0.3 is 5.97 Å². The van der Waals surface area contributed by atoms with Crippen molar-refractivity contribution in [3.63, 3.8) is 0 Å². The van der Waals surface area contributed by atoms with Crippen LogP contribution in [0.5, 0.6) is 5.75 Å². The van der Waals surface area contributed by atoms with Crippen LogP contribution in [0.3, 0.4) is 0 Å². The third kappa shape index (κ3) is 4.20. The van der Waals surface area contributed by atoms with Crippen molar-refractivity contribution in [2.75, 3.05) is 11.9 Å². The number of rotatable bonds is 4. The number of benzene rings is 1. The normalized spacial score (nSPS) is 10.3. The van der Waals surface area contributed by atoms with E-state index in [1.807, 2.05) is 13.8 Å². The fraction of sp³-hybridized carbons (Fsp3) is 0.429. The largest absolute Gasteiger partial charge is 0.427 e. The molecule has 0 spiro atoms. The van der Waals surface area contributed by atoms with Gasteiger partial charge in [0.25, 0.3) is 0 Å². The Morgan fingerprint density at radius 2 is 1.78 bits per heavy atom. The smallest absolute Gasteiger partial charge is 0.311 e. The third-order valence-corrected chi connectivity index (χ3v) is 2.50. The lowest BCUT2D eigenvalue weighted by Gasteiger charge is -2.15. The summed E-state index contributed by atoms with van der Waals surface area (Å²) >= 11 is 0. The highest BCUT2D eigenvalue weighted by molar-refractivity contribution is 5.90. The number of hydrogen-bond donors (Lipinski definition) is 0. The van der Waals surface area contributed by atoms with Gasteiger partial charge in [-0.25, -0.2) is 0 Å². The predicted octanol–water partition coefficient (Wildman–Crippen LogP) is 2.62. The van der Waals surface area contributed by atoms with E-state index in [0.717, 1.165) is 5.69 Å². The lowest BCUT2D eigenvalue weighted by Crippen LogP contribution is -2.22. The average molecular weight is 249 g/mol. The van der Waals surface area contributed by atoms with E-state index in [2.05, 4.69) is 0 Å². The molecule has 0 heterocycles. The number of ether oxygens (including phenoxy) is 1. The van der Waals surface area contributed by atoms with Gasteiger partial charge in [-0.05, 0) is 30.2 Å². The van der Waals surface area contributed by atoms with Gasteiger partial charge in [-0.15, -0.1) is 0 Å². The van der Waals surface area contributed by atoms with Gasteiger partial charge in [0.15, 0.2) is 0 Å². The zero-order valence-corrected chi connectivity index (χ0v) is 11.3. The molecule has 0 fully saturated rings. The molecule has 0 aliphatic carbocycles. The molecule has 0 aromatic heterocycles. The molecule has 1 aromatic carbocycles. The van der Waals surface area contributed by atoms with Crippen LogP contribution in [0.15, 0.2) is 24.3 Å². The van der Waals surface area contributed by atoms with E-state index in [0.29, 0.717) is 12.2 Å². The Kier molecular flexibility index (Phi) is 4.89. The Morgan fingerprint density at radius 1 is 1.22 bits per heavy atom. The van der Waals surface area contributed by atoms with Gasteiger partial charge in [-0.2, -0.15) is 0 Å². The second-order valence-electron chi connectivity index (χ2n) is 4.64. The molecule has 1 amide bonds. The van der Waals surface area contributed by atoms with Crippen molar-refractivity contribution in [3.05, 3.63) is 24.3 Å². The highest BCUT2D eigenvalue weighted by Gasteiger charge is 2.09. The van der Waals surface area contributed by atoms with Gasteiger partial charge in [-0.3, -0.25) is 9.59 Å². The van der Waals surface area contributed by atoms with E-state index in [1.54, 1.807) is 31.3 Å². The predicted molar refractivity (Wildman–Crippen MR) is 70.6 cm³/mol. The molecule has 0 saturated carbocycles. The minimum atomic E-state index is -0.238. The van der Waals surface area contributed by atoms with Gasteiger partial charge in [0.05, 0.1) is 0 Å². The molecule has 0 atom stereocenters. The molecule has 0 saturated heterocycles. The van der Waals surface area contributed by atoms with Crippen LogP contribution in [-0.2, 0) is 9.59 Å². The number of carbonyl (C=O) groups is 2. The number of carbonyl (C=O) groups excluding carboxylic acids is 2. The van der Waals surface area contributed by atoms with E-state index in [1.165, 1.54) is 11.8 Å². The van der Waals surface area contributed by atoms with Crippen LogP contribution in [-0.4, -0.2) is 18.9 Å². The summed E-state index contributed by atoms with van der Waals surface area (Å²) in [6.45, 7) is 5.43. The monoisotopic (exact) mass is 249 g/mol. The lowest BCUT2D eigenvalue weighted by atomic mass is 10.1. The van der Waals surface area contributed by atoms with E-state index in [-0.39, 0.29) is 17.8 Å². The maximum atomic E-state index is 11.5. The summed E-state index contributed by atoms with van der Waals surface area (Å²) in [5.41, 5.74) is 0.770. The first-order valence-electron chi connectivity index (χ1n) is 5.95. The molecule has 0 N–H and O–H groups in total. The highest BCUT2D eigenvalue weighted by Crippen LogP contribution is 2.19. The molecule has 0 aliphatic rings. The van der Waals surface area contributed by atoms with E-state index in [4.69, 9.17) is 4.74 Å². The maximum Gasteiger partial charge on any atom is 0.311 e. The van der Waals surface area contributed by atoms with E-state index < -0.39 is 0 Å². The first kappa shape index (κ1) is 14.2. The first-order valence-corrected chi connectivity index (χ1v) is 5.95. The Bertz CT molecular complexity index is 423. The van der Waals surface area contributed by atoms with Crippen molar-refractivity contribution in [1.82, 2.24) is 0 Å². The second kappa shape index (κ2) is 6.19. The number of anilines is 1. The Labute approximate surface area is 108 Å². The Morgan fingerprint density at radius 3 is 2.22 bits per heavy atom. The zero-order valence-electron chi connectivity index (χ0n) is 11.3. The van der Waals surface area contributed by atoms with Gasteiger partial charge < -0.3 is 9.64 Å².